The first-order valence-electron chi connectivity index (χ1n) is 10.1. The third-order valence-corrected chi connectivity index (χ3v) is 5.84. The van der Waals surface area contributed by atoms with E-state index in [1.165, 1.54) is 0 Å². The molecule has 152 valence electrons. The minimum Gasteiger partial charge on any atom is -0.396 e. The molecule has 1 atom stereocenters. The number of imidazole rings is 1. The van der Waals surface area contributed by atoms with E-state index in [2.05, 4.69) is 21.8 Å². The van der Waals surface area contributed by atoms with Gasteiger partial charge in [-0.05, 0) is 26.3 Å². The van der Waals surface area contributed by atoms with Crippen molar-refractivity contribution in [2.75, 3.05) is 52.9 Å². The Morgan fingerprint density at radius 2 is 1.93 bits per heavy atom. The Morgan fingerprint density at radius 3 is 2.59 bits per heavy atom. The lowest BCUT2D eigenvalue weighted by molar-refractivity contribution is -0.135. The number of aliphatic hydroxyl groups excluding tert-OH is 2. The molecule has 0 spiro atoms. The SMILES string of the molecule is CN1CCN(C2CCN(C(=O)CC(O)c3nccn3CCCO)CC2)CC1. The zero-order valence-electron chi connectivity index (χ0n) is 16.3. The van der Waals surface area contributed by atoms with E-state index in [1.54, 1.807) is 12.4 Å². The van der Waals surface area contributed by atoms with E-state index in [0.29, 0.717) is 24.8 Å². The lowest BCUT2D eigenvalue weighted by atomic mass is 10.0. The van der Waals surface area contributed by atoms with E-state index >= 15 is 0 Å². The van der Waals surface area contributed by atoms with Crippen molar-refractivity contribution in [1.82, 2.24) is 24.3 Å². The molecule has 0 bridgehead atoms. The number of likely N-dealkylation sites (N-methyl/N-ethyl adjacent to an activating group) is 1. The molecule has 3 heterocycles. The summed E-state index contributed by atoms with van der Waals surface area (Å²) in [5.74, 6) is 0.500. The first-order valence-corrected chi connectivity index (χ1v) is 10.1. The number of nitrogens with zero attached hydrogens (tertiary/aromatic N) is 5. The number of aromatic nitrogens is 2. The molecule has 1 aromatic rings. The molecule has 8 heteroatoms. The number of hydrogen-bond donors (Lipinski definition) is 2. The number of aryl methyl sites for hydroxylation is 1. The molecule has 0 radical (unpaired) electrons. The van der Waals surface area contributed by atoms with Gasteiger partial charge in [0.1, 0.15) is 11.9 Å². The highest BCUT2D eigenvalue weighted by atomic mass is 16.3. The minimum absolute atomic E-state index is 0.00367. The van der Waals surface area contributed by atoms with Gasteiger partial charge in [-0.3, -0.25) is 9.69 Å². The number of aliphatic hydroxyl groups is 2. The summed E-state index contributed by atoms with van der Waals surface area (Å²) in [6.07, 6.45) is 5.19. The Kier molecular flexibility index (Phi) is 7.23. The van der Waals surface area contributed by atoms with Crippen molar-refractivity contribution in [2.24, 2.45) is 0 Å². The van der Waals surface area contributed by atoms with Crippen LogP contribution in [0.3, 0.4) is 0 Å². The van der Waals surface area contributed by atoms with Crippen LogP contribution in [-0.4, -0.2) is 99.3 Å². The maximum atomic E-state index is 12.6. The Morgan fingerprint density at radius 1 is 1.22 bits per heavy atom. The van der Waals surface area contributed by atoms with Crippen molar-refractivity contribution in [1.29, 1.82) is 0 Å². The van der Waals surface area contributed by atoms with Crippen LogP contribution in [0.15, 0.2) is 12.4 Å². The lowest BCUT2D eigenvalue weighted by Gasteiger charge is -2.42. The molecule has 1 aromatic heterocycles. The van der Waals surface area contributed by atoms with E-state index in [-0.39, 0.29) is 18.9 Å². The van der Waals surface area contributed by atoms with Crippen LogP contribution in [-0.2, 0) is 11.3 Å². The average molecular weight is 380 g/mol. The van der Waals surface area contributed by atoms with E-state index in [4.69, 9.17) is 5.11 Å². The van der Waals surface area contributed by atoms with Crippen molar-refractivity contribution in [3.8, 4) is 0 Å². The lowest BCUT2D eigenvalue weighted by Crippen LogP contribution is -2.53. The molecule has 3 rings (SSSR count). The van der Waals surface area contributed by atoms with Gasteiger partial charge in [-0.2, -0.15) is 0 Å². The summed E-state index contributed by atoms with van der Waals surface area (Å²) in [6, 6.07) is 0.574. The van der Waals surface area contributed by atoms with Crippen LogP contribution in [0.4, 0.5) is 0 Å². The van der Waals surface area contributed by atoms with Crippen molar-refractivity contribution in [3.63, 3.8) is 0 Å². The van der Waals surface area contributed by atoms with Gasteiger partial charge in [0.2, 0.25) is 5.91 Å². The average Bonchev–Trinajstić information content (AvgIpc) is 3.16. The number of hydrogen-bond acceptors (Lipinski definition) is 6. The van der Waals surface area contributed by atoms with Crippen molar-refractivity contribution >= 4 is 5.91 Å². The van der Waals surface area contributed by atoms with Crippen LogP contribution in [0, 0.1) is 0 Å². The fraction of sp³-hybridized carbons (Fsp3) is 0.789. The molecule has 8 nitrogen and oxygen atoms in total. The van der Waals surface area contributed by atoms with Gasteiger partial charge in [0.15, 0.2) is 0 Å². The van der Waals surface area contributed by atoms with Gasteiger partial charge in [0, 0.05) is 70.9 Å². The standard InChI is InChI=1S/C19H33N5O3/c1-21-10-12-22(13-11-21)16-3-7-23(8-4-16)18(27)15-17(26)19-20-5-9-24(19)6-2-14-25/h5,9,16-17,25-26H,2-4,6-8,10-15H2,1H3. The van der Waals surface area contributed by atoms with Crippen LogP contribution < -0.4 is 0 Å². The molecular weight excluding hydrogens is 346 g/mol. The van der Waals surface area contributed by atoms with E-state index in [9.17, 15) is 9.90 Å². The fourth-order valence-electron chi connectivity index (χ4n) is 4.10. The number of likely N-dealkylation sites (tertiary alicyclic amines) is 1. The number of rotatable bonds is 7. The molecule has 27 heavy (non-hydrogen) atoms. The largest absolute Gasteiger partial charge is 0.396 e. The second kappa shape index (κ2) is 9.64. The third kappa shape index (κ3) is 5.28. The Labute approximate surface area is 161 Å². The highest BCUT2D eigenvalue weighted by Crippen LogP contribution is 2.21. The number of piperidine rings is 1. The fourth-order valence-corrected chi connectivity index (χ4v) is 4.10. The molecule has 2 N–H and O–H groups in total. The van der Waals surface area contributed by atoms with E-state index < -0.39 is 6.10 Å². The molecular formula is C19H33N5O3. The van der Waals surface area contributed by atoms with Crippen LogP contribution in [0.25, 0.3) is 0 Å². The second-order valence-corrected chi connectivity index (χ2v) is 7.73. The van der Waals surface area contributed by atoms with Gasteiger partial charge < -0.3 is 24.6 Å². The molecule has 1 amide bonds. The Bertz CT molecular complexity index is 592. The van der Waals surface area contributed by atoms with Crippen molar-refractivity contribution in [3.05, 3.63) is 18.2 Å². The summed E-state index contributed by atoms with van der Waals surface area (Å²) in [6.45, 7) is 6.68. The van der Waals surface area contributed by atoms with Gasteiger partial charge in [-0.25, -0.2) is 4.98 Å². The smallest absolute Gasteiger partial charge is 0.225 e. The first-order chi connectivity index (χ1) is 13.1. The summed E-state index contributed by atoms with van der Waals surface area (Å²) in [5.41, 5.74) is 0. The van der Waals surface area contributed by atoms with Crippen LogP contribution in [0.1, 0.15) is 37.6 Å². The van der Waals surface area contributed by atoms with Gasteiger partial charge in [0.05, 0.1) is 6.42 Å². The molecule has 1 unspecified atom stereocenters. The molecule has 2 fully saturated rings. The predicted octanol–water partition coefficient (Wildman–Crippen LogP) is -0.0726. The van der Waals surface area contributed by atoms with Gasteiger partial charge in [0.25, 0.3) is 0 Å². The molecule has 0 aliphatic carbocycles. The van der Waals surface area contributed by atoms with Gasteiger partial charge >= 0.3 is 0 Å². The molecule has 2 aliphatic heterocycles. The quantitative estimate of drug-likeness (QED) is 0.690. The summed E-state index contributed by atoms with van der Waals surface area (Å²) in [4.78, 5) is 23.6. The summed E-state index contributed by atoms with van der Waals surface area (Å²) >= 11 is 0. The van der Waals surface area contributed by atoms with Crippen LogP contribution in [0.2, 0.25) is 0 Å². The monoisotopic (exact) mass is 379 g/mol. The molecule has 2 aliphatic rings. The Hall–Kier alpha value is -1.48. The van der Waals surface area contributed by atoms with E-state index in [1.807, 2.05) is 9.47 Å². The van der Waals surface area contributed by atoms with E-state index in [0.717, 1.165) is 52.1 Å². The normalized spacial score (nSPS) is 21.5. The number of carbonyl (C=O) groups is 1. The number of amides is 1. The highest BCUT2D eigenvalue weighted by molar-refractivity contribution is 5.76. The second-order valence-electron chi connectivity index (χ2n) is 7.73. The van der Waals surface area contributed by atoms with Gasteiger partial charge in [-0.1, -0.05) is 0 Å². The summed E-state index contributed by atoms with van der Waals surface area (Å²) in [5, 5.41) is 19.4. The first kappa shape index (κ1) is 20.3. The minimum atomic E-state index is -0.901. The number of piperazine rings is 1. The zero-order chi connectivity index (χ0) is 19.2. The number of carbonyl (C=O) groups excluding carboxylic acids is 1. The third-order valence-electron chi connectivity index (χ3n) is 5.84. The van der Waals surface area contributed by atoms with Crippen molar-refractivity contribution in [2.45, 2.75) is 44.4 Å². The van der Waals surface area contributed by atoms with Crippen LogP contribution in [0.5, 0.6) is 0 Å². The van der Waals surface area contributed by atoms with Crippen LogP contribution >= 0.6 is 0 Å². The highest BCUT2D eigenvalue weighted by Gasteiger charge is 2.29. The molecule has 2 saturated heterocycles. The maximum absolute atomic E-state index is 12.6. The zero-order valence-corrected chi connectivity index (χ0v) is 16.3. The van der Waals surface area contributed by atoms with Crippen molar-refractivity contribution < 1.29 is 15.0 Å². The predicted molar refractivity (Wildman–Crippen MR) is 102 cm³/mol. The topological polar surface area (TPSA) is 85.1 Å². The summed E-state index contributed by atoms with van der Waals surface area (Å²) < 4.78 is 1.81. The molecule has 0 aromatic carbocycles. The molecule has 0 saturated carbocycles. The maximum Gasteiger partial charge on any atom is 0.225 e. The Balaban J connectivity index is 1.46. The summed E-state index contributed by atoms with van der Waals surface area (Å²) in [7, 11) is 2.17. The van der Waals surface area contributed by atoms with Gasteiger partial charge in [-0.15, -0.1) is 0 Å².